The van der Waals surface area contributed by atoms with Crippen molar-refractivity contribution >= 4 is 37.5 Å². The number of carbonyl (C=O) groups excluding carboxylic acids is 1. The van der Waals surface area contributed by atoms with Gasteiger partial charge in [-0.05, 0) is 75.3 Å². The maximum absolute atomic E-state index is 13.4. The second-order valence-electron chi connectivity index (χ2n) is 7.30. The number of anilines is 1. The summed E-state index contributed by atoms with van der Waals surface area (Å²) in [5.74, 6) is -0.0766. The summed E-state index contributed by atoms with van der Waals surface area (Å²) in [4.78, 5) is 15.4. The number of rotatable bonds is 4. The lowest BCUT2D eigenvalue weighted by Crippen LogP contribution is -2.29. The van der Waals surface area contributed by atoms with Gasteiger partial charge >= 0.3 is 0 Å². The topological polar surface area (TPSA) is 71.4 Å². The third kappa shape index (κ3) is 3.49. The van der Waals surface area contributed by atoms with Crippen LogP contribution in [-0.2, 0) is 16.4 Å². The Hall–Kier alpha value is -2.42. The Morgan fingerprint density at radius 3 is 2.57 bits per heavy atom. The minimum atomic E-state index is -3.51. The SMILES string of the molecule is CNS(=O)(=O)c1ccc2c(c1)CCN2C(=O)c1cc(C)n(-c2cccc(Br)c2)c1C. The molecule has 2 aromatic carbocycles. The van der Waals surface area contributed by atoms with Crippen LogP contribution in [-0.4, -0.2) is 32.5 Å². The van der Waals surface area contributed by atoms with Gasteiger partial charge in [-0.1, -0.05) is 22.0 Å². The Morgan fingerprint density at radius 2 is 1.87 bits per heavy atom. The predicted molar refractivity (Wildman–Crippen MR) is 121 cm³/mol. The van der Waals surface area contributed by atoms with Gasteiger partial charge in [0.1, 0.15) is 0 Å². The van der Waals surface area contributed by atoms with Crippen LogP contribution in [0.25, 0.3) is 5.69 Å². The van der Waals surface area contributed by atoms with E-state index in [2.05, 4.69) is 25.2 Å². The molecule has 0 bridgehead atoms. The number of nitrogens with zero attached hydrogens (tertiary/aromatic N) is 2. The summed E-state index contributed by atoms with van der Waals surface area (Å²) < 4.78 is 29.5. The van der Waals surface area contributed by atoms with Gasteiger partial charge in [-0.3, -0.25) is 4.79 Å². The summed E-state index contributed by atoms with van der Waals surface area (Å²) in [5, 5.41) is 0. The zero-order valence-electron chi connectivity index (χ0n) is 16.9. The van der Waals surface area contributed by atoms with Crippen molar-refractivity contribution in [2.45, 2.75) is 25.2 Å². The molecule has 0 saturated heterocycles. The maximum Gasteiger partial charge on any atom is 0.260 e. The molecule has 1 aliphatic rings. The molecule has 6 nitrogen and oxygen atoms in total. The fourth-order valence-corrected chi connectivity index (χ4v) is 5.18. The van der Waals surface area contributed by atoms with Crippen molar-refractivity contribution in [2.75, 3.05) is 18.5 Å². The first-order valence-corrected chi connectivity index (χ1v) is 11.8. The third-order valence-electron chi connectivity index (χ3n) is 5.50. The van der Waals surface area contributed by atoms with Crippen molar-refractivity contribution in [1.29, 1.82) is 0 Å². The van der Waals surface area contributed by atoms with Gasteiger partial charge in [0.05, 0.1) is 10.5 Å². The normalized spacial score (nSPS) is 13.5. The highest BCUT2D eigenvalue weighted by Gasteiger charge is 2.29. The van der Waals surface area contributed by atoms with E-state index in [0.29, 0.717) is 18.5 Å². The molecule has 0 atom stereocenters. The second kappa shape index (κ2) is 7.68. The lowest BCUT2D eigenvalue weighted by Gasteiger charge is -2.18. The largest absolute Gasteiger partial charge is 0.318 e. The molecule has 4 rings (SSSR count). The summed E-state index contributed by atoms with van der Waals surface area (Å²) >= 11 is 3.51. The molecule has 156 valence electrons. The summed E-state index contributed by atoms with van der Waals surface area (Å²) in [6.07, 6.45) is 0.624. The van der Waals surface area contributed by atoms with Crippen molar-refractivity contribution in [3.05, 3.63) is 75.5 Å². The lowest BCUT2D eigenvalue weighted by molar-refractivity contribution is 0.0989. The minimum absolute atomic E-state index is 0.0766. The molecule has 1 aromatic heterocycles. The first kappa shape index (κ1) is 20.8. The van der Waals surface area contributed by atoms with Crippen molar-refractivity contribution in [3.63, 3.8) is 0 Å². The Balaban J connectivity index is 1.70. The molecule has 0 fully saturated rings. The fourth-order valence-electron chi connectivity index (χ4n) is 4.01. The van der Waals surface area contributed by atoms with E-state index in [9.17, 15) is 13.2 Å². The number of benzene rings is 2. The molecule has 0 saturated carbocycles. The van der Waals surface area contributed by atoms with Gasteiger partial charge in [0, 0.05) is 33.8 Å². The standard InChI is InChI=1S/C22H22BrN3O3S/c1-14-11-20(15(2)26(14)18-6-4-5-17(23)13-18)22(27)25-10-9-16-12-19(7-8-21(16)25)30(28,29)24-3/h4-8,11-13,24H,9-10H2,1-3H3. The van der Waals surface area contributed by atoms with E-state index < -0.39 is 10.0 Å². The average Bonchev–Trinajstić information content (AvgIpc) is 3.27. The van der Waals surface area contributed by atoms with Crippen LogP contribution in [0.3, 0.4) is 0 Å². The Labute approximate surface area is 184 Å². The van der Waals surface area contributed by atoms with E-state index in [1.807, 2.05) is 44.2 Å². The maximum atomic E-state index is 13.4. The van der Waals surface area contributed by atoms with Crippen LogP contribution >= 0.6 is 15.9 Å². The van der Waals surface area contributed by atoms with E-state index in [0.717, 1.165) is 32.8 Å². The van der Waals surface area contributed by atoms with Gasteiger partial charge < -0.3 is 9.47 Å². The van der Waals surface area contributed by atoms with E-state index in [-0.39, 0.29) is 10.8 Å². The number of aromatic nitrogens is 1. The van der Waals surface area contributed by atoms with Gasteiger partial charge in [-0.25, -0.2) is 13.1 Å². The van der Waals surface area contributed by atoms with Crippen LogP contribution in [0.5, 0.6) is 0 Å². The average molecular weight is 488 g/mol. The van der Waals surface area contributed by atoms with Crippen LogP contribution in [0.15, 0.2) is 57.9 Å². The molecule has 0 spiro atoms. The zero-order chi connectivity index (χ0) is 21.6. The summed E-state index contributed by atoms with van der Waals surface area (Å²) in [6, 6.07) is 14.8. The number of fused-ring (bicyclic) bond motifs is 1. The predicted octanol–water partition coefficient (Wildman–Crippen LogP) is 3.97. The van der Waals surface area contributed by atoms with E-state index in [4.69, 9.17) is 0 Å². The first-order chi connectivity index (χ1) is 14.2. The first-order valence-electron chi connectivity index (χ1n) is 9.56. The Kier molecular flexibility index (Phi) is 5.34. The minimum Gasteiger partial charge on any atom is -0.318 e. The number of sulfonamides is 1. The molecule has 30 heavy (non-hydrogen) atoms. The Bertz CT molecular complexity index is 1260. The number of hydrogen-bond acceptors (Lipinski definition) is 3. The van der Waals surface area contributed by atoms with Crippen molar-refractivity contribution in [3.8, 4) is 5.69 Å². The Morgan fingerprint density at radius 1 is 1.10 bits per heavy atom. The number of hydrogen-bond donors (Lipinski definition) is 1. The quantitative estimate of drug-likeness (QED) is 0.605. The van der Waals surface area contributed by atoms with Crippen LogP contribution in [0.1, 0.15) is 27.3 Å². The highest BCUT2D eigenvalue weighted by molar-refractivity contribution is 9.10. The molecule has 1 aliphatic heterocycles. The van der Waals surface area contributed by atoms with E-state index >= 15 is 0 Å². The molecule has 1 amide bonds. The van der Waals surface area contributed by atoms with Gasteiger partial charge in [-0.2, -0.15) is 0 Å². The third-order valence-corrected chi connectivity index (χ3v) is 7.40. The number of amides is 1. The van der Waals surface area contributed by atoms with Gasteiger partial charge in [0.25, 0.3) is 5.91 Å². The van der Waals surface area contributed by atoms with Crippen LogP contribution in [0, 0.1) is 13.8 Å². The number of nitrogens with one attached hydrogen (secondary N) is 1. The summed E-state index contributed by atoms with van der Waals surface area (Å²) in [6.45, 7) is 4.45. The zero-order valence-corrected chi connectivity index (χ0v) is 19.3. The van der Waals surface area contributed by atoms with Crippen LogP contribution < -0.4 is 9.62 Å². The summed E-state index contributed by atoms with van der Waals surface area (Å²) in [7, 11) is -2.13. The fraction of sp³-hybridized carbons (Fsp3) is 0.227. The van der Waals surface area contributed by atoms with Crippen molar-refractivity contribution < 1.29 is 13.2 Å². The van der Waals surface area contributed by atoms with Crippen LogP contribution in [0.4, 0.5) is 5.69 Å². The lowest BCUT2D eigenvalue weighted by atomic mass is 10.1. The molecule has 1 N–H and O–H groups in total. The molecule has 3 aromatic rings. The van der Waals surface area contributed by atoms with Crippen molar-refractivity contribution in [1.82, 2.24) is 9.29 Å². The van der Waals surface area contributed by atoms with Gasteiger partial charge in [-0.15, -0.1) is 0 Å². The van der Waals surface area contributed by atoms with Gasteiger partial charge in [0.15, 0.2) is 0 Å². The van der Waals surface area contributed by atoms with Crippen molar-refractivity contribution in [2.24, 2.45) is 0 Å². The molecule has 0 radical (unpaired) electrons. The number of aryl methyl sites for hydroxylation is 1. The van der Waals surface area contributed by atoms with E-state index in [1.165, 1.54) is 7.05 Å². The monoisotopic (exact) mass is 487 g/mol. The highest BCUT2D eigenvalue weighted by Crippen LogP contribution is 2.33. The second-order valence-corrected chi connectivity index (χ2v) is 10.1. The van der Waals surface area contributed by atoms with Crippen LogP contribution in [0.2, 0.25) is 0 Å². The smallest absolute Gasteiger partial charge is 0.260 e. The van der Waals surface area contributed by atoms with Gasteiger partial charge in [0.2, 0.25) is 10.0 Å². The molecule has 2 heterocycles. The summed E-state index contributed by atoms with van der Waals surface area (Å²) in [5.41, 5.74) is 5.11. The molecular formula is C22H22BrN3O3S. The van der Waals surface area contributed by atoms with E-state index in [1.54, 1.807) is 23.1 Å². The number of carbonyl (C=O) groups is 1. The molecule has 0 unspecified atom stereocenters. The highest BCUT2D eigenvalue weighted by atomic mass is 79.9. The molecule has 8 heteroatoms. The molecule has 0 aliphatic carbocycles. The molecular weight excluding hydrogens is 466 g/mol. The number of halogens is 1.